The van der Waals surface area contributed by atoms with Crippen molar-refractivity contribution in [3.8, 4) is 0 Å². The maximum Gasteiger partial charge on any atom is 0.325 e. The minimum absolute atomic E-state index is 0.0564. The van der Waals surface area contributed by atoms with Crippen LogP contribution < -0.4 is 5.32 Å². The highest BCUT2D eigenvalue weighted by Crippen LogP contribution is 2.15. The normalized spacial score (nSPS) is 18.7. The molecule has 1 fully saturated rings. The van der Waals surface area contributed by atoms with Crippen molar-refractivity contribution < 1.29 is 14.3 Å². The highest BCUT2D eigenvalue weighted by molar-refractivity contribution is 5.81. The van der Waals surface area contributed by atoms with Crippen LogP contribution in [0.15, 0.2) is 0 Å². The lowest BCUT2D eigenvalue weighted by molar-refractivity contribution is -0.141. The van der Waals surface area contributed by atoms with Gasteiger partial charge in [-0.15, -0.1) is 0 Å². The minimum atomic E-state index is -0.393. The number of carbonyl (C=O) groups excluding carboxylic acids is 2. The van der Waals surface area contributed by atoms with Crippen LogP contribution >= 0.6 is 0 Å². The molecule has 110 valence electrons. The van der Waals surface area contributed by atoms with Crippen LogP contribution in [0.1, 0.15) is 27.2 Å². The zero-order chi connectivity index (χ0) is 14.3. The van der Waals surface area contributed by atoms with Gasteiger partial charge in [-0.25, -0.2) is 4.79 Å². The first-order valence-electron chi connectivity index (χ1n) is 7.04. The number of likely N-dealkylation sites (N-methyl/N-ethyl adjacent to an activating group) is 1. The van der Waals surface area contributed by atoms with Crippen molar-refractivity contribution in [2.45, 2.75) is 33.2 Å². The second kappa shape index (κ2) is 7.99. The van der Waals surface area contributed by atoms with Gasteiger partial charge in [0.1, 0.15) is 6.54 Å². The van der Waals surface area contributed by atoms with Crippen molar-refractivity contribution in [1.29, 1.82) is 0 Å². The fourth-order valence-corrected chi connectivity index (χ4v) is 2.44. The van der Waals surface area contributed by atoms with Crippen LogP contribution in [0.5, 0.6) is 0 Å². The highest BCUT2D eigenvalue weighted by atomic mass is 16.5. The molecule has 1 atom stereocenters. The number of carbonyl (C=O) groups is 2. The van der Waals surface area contributed by atoms with Gasteiger partial charge in [-0.2, -0.15) is 0 Å². The average Bonchev–Trinajstić information content (AvgIpc) is 2.87. The van der Waals surface area contributed by atoms with E-state index in [9.17, 15) is 9.59 Å². The van der Waals surface area contributed by atoms with Crippen LogP contribution in [0.25, 0.3) is 0 Å². The molecule has 1 unspecified atom stereocenters. The van der Waals surface area contributed by atoms with Gasteiger partial charge >= 0.3 is 12.0 Å². The van der Waals surface area contributed by atoms with Crippen molar-refractivity contribution in [3.63, 3.8) is 0 Å². The summed E-state index contributed by atoms with van der Waals surface area (Å²) < 4.78 is 4.77. The van der Waals surface area contributed by atoms with Gasteiger partial charge in [0, 0.05) is 19.1 Å². The molecule has 0 aliphatic carbocycles. The molecule has 0 aromatic carbocycles. The molecule has 0 spiro atoms. The first-order chi connectivity index (χ1) is 9.12. The predicted molar refractivity (Wildman–Crippen MR) is 72.9 cm³/mol. The lowest BCUT2D eigenvalue weighted by atomic mass is 10.2. The smallest absolute Gasteiger partial charge is 0.325 e. The molecular formula is C13H25N3O3. The summed E-state index contributed by atoms with van der Waals surface area (Å²) in [6.07, 6.45) is 0.995. The highest BCUT2D eigenvalue weighted by Gasteiger charge is 2.29. The molecule has 0 saturated carbocycles. The Bertz CT molecular complexity index is 306. The fourth-order valence-electron chi connectivity index (χ4n) is 2.44. The molecule has 0 bridgehead atoms. The Morgan fingerprint density at radius 3 is 2.58 bits per heavy atom. The van der Waals surface area contributed by atoms with Gasteiger partial charge in [-0.05, 0) is 26.4 Å². The molecule has 0 aromatic rings. The summed E-state index contributed by atoms with van der Waals surface area (Å²) in [5.41, 5.74) is 0. The number of ether oxygens (including phenoxy) is 1. The Hall–Kier alpha value is -1.30. The van der Waals surface area contributed by atoms with E-state index in [4.69, 9.17) is 4.74 Å². The Morgan fingerprint density at radius 2 is 2.00 bits per heavy atom. The second-order valence-electron chi connectivity index (χ2n) is 4.57. The van der Waals surface area contributed by atoms with E-state index in [1.165, 1.54) is 0 Å². The summed E-state index contributed by atoms with van der Waals surface area (Å²) in [6.45, 7) is 9.77. The van der Waals surface area contributed by atoms with Crippen LogP contribution in [0.2, 0.25) is 0 Å². The van der Waals surface area contributed by atoms with Gasteiger partial charge in [0.25, 0.3) is 0 Å². The lowest BCUT2D eigenvalue weighted by Crippen LogP contribution is -2.43. The van der Waals surface area contributed by atoms with Crippen molar-refractivity contribution in [1.82, 2.24) is 15.1 Å². The van der Waals surface area contributed by atoms with E-state index < -0.39 is 5.97 Å². The average molecular weight is 271 g/mol. The standard InChI is InChI=1S/C13H25N3O3/c1-4-15(5-2)11-7-8-16(10-11)13(18)14-9-12(17)19-6-3/h11H,4-10H2,1-3H3,(H,14,18). The quantitative estimate of drug-likeness (QED) is 0.722. The van der Waals surface area contributed by atoms with Crippen LogP contribution in [0, 0.1) is 0 Å². The molecule has 6 heteroatoms. The van der Waals surface area contributed by atoms with E-state index in [1.807, 2.05) is 0 Å². The third kappa shape index (κ3) is 4.70. The summed E-state index contributed by atoms with van der Waals surface area (Å²) >= 11 is 0. The van der Waals surface area contributed by atoms with E-state index >= 15 is 0 Å². The molecule has 1 N–H and O–H groups in total. The SMILES string of the molecule is CCOC(=O)CNC(=O)N1CCC(N(CC)CC)C1. The maximum atomic E-state index is 11.9. The van der Waals surface area contributed by atoms with E-state index in [1.54, 1.807) is 11.8 Å². The molecule has 0 radical (unpaired) electrons. The number of nitrogens with zero attached hydrogens (tertiary/aromatic N) is 2. The molecule has 1 rings (SSSR count). The van der Waals surface area contributed by atoms with Crippen LogP contribution in [0.4, 0.5) is 4.79 Å². The first kappa shape index (κ1) is 15.8. The third-order valence-electron chi connectivity index (χ3n) is 3.47. The molecule has 1 aliphatic rings. The number of rotatable bonds is 6. The zero-order valence-corrected chi connectivity index (χ0v) is 12.1. The summed E-state index contributed by atoms with van der Waals surface area (Å²) in [7, 11) is 0. The summed E-state index contributed by atoms with van der Waals surface area (Å²) in [4.78, 5) is 27.2. The summed E-state index contributed by atoms with van der Waals surface area (Å²) in [5, 5.41) is 2.60. The lowest BCUT2D eigenvalue weighted by Gasteiger charge is -2.26. The van der Waals surface area contributed by atoms with Crippen molar-refractivity contribution >= 4 is 12.0 Å². The van der Waals surface area contributed by atoms with E-state index in [0.717, 1.165) is 32.6 Å². The molecule has 1 aliphatic heterocycles. The van der Waals surface area contributed by atoms with Gasteiger partial charge in [0.15, 0.2) is 0 Å². The molecule has 0 aromatic heterocycles. The van der Waals surface area contributed by atoms with Crippen molar-refractivity contribution in [3.05, 3.63) is 0 Å². The van der Waals surface area contributed by atoms with Gasteiger partial charge in [0.2, 0.25) is 0 Å². The summed E-state index contributed by atoms with van der Waals surface area (Å²) in [5.74, 6) is -0.393. The molecule has 2 amide bonds. The number of likely N-dealkylation sites (tertiary alicyclic amines) is 1. The third-order valence-corrected chi connectivity index (χ3v) is 3.47. The molecule has 19 heavy (non-hydrogen) atoms. The van der Waals surface area contributed by atoms with Gasteiger partial charge in [-0.3, -0.25) is 9.69 Å². The number of urea groups is 1. The van der Waals surface area contributed by atoms with Crippen molar-refractivity contribution in [2.75, 3.05) is 39.3 Å². The van der Waals surface area contributed by atoms with Crippen molar-refractivity contribution in [2.24, 2.45) is 0 Å². The Balaban J connectivity index is 2.33. The Kier molecular flexibility index (Phi) is 6.62. The molecule has 1 heterocycles. The second-order valence-corrected chi connectivity index (χ2v) is 4.57. The number of hydrogen-bond donors (Lipinski definition) is 1. The van der Waals surface area contributed by atoms with Gasteiger partial charge in [0.05, 0.1) is 6.61 Å². The number of hydrogen-bond acceptors (Lipinski definition) is 4. The van der Waals surface area contributed by atoms with Crippen LogP contribution in [0.3, 0.4) is 0 Å². The van der Waals surface area contributed by atoms with Crippen LogP contribution in [-0.2, 0) is 9.53 Å². The molecule has 6 nitrogen and oxygen atoms in total. The van der Waals surface area contributed by atoms with E-state index in [0.29, 0.717) is 12.6 Å². The molecular weight excluding hydrogens is 246 g/mol. The monoisotopic (exact) mass is 271 g/mol. The molecule has 1 saturated heterocycles. The Labute approximate surface area is 115 Å². The van der Waals surface area contributed by atoms with Gasteiger partial charge in [-0.1, -0.05) is 13.8 Å². The zero-order valence-electron chi connectivity index (χ0n) is 12.1. The van der Waals surface area contributed by atoms with E-state index in [2.05, 4.69) is 24.1 Å². The van der Waals surface area contributed by atoms with Crippen LogP contribution in [-0.4, -0.2) is 67.2 Å². The van der Waals surface area contributed by atoms with E-state index in [-0.39, 0.29) is 12.6 Å². The first-order valence-corrected chi connectivity index (χ1v) is 7.04. The largest absolute Gasteiger partial charge is 0.465 e. The minimum Gasteiger partial charge on any atom is -0.465 e. The Morgan fingerprint density at radius 1 is 1.32 bits per heavy atom. The topological polar surface area (TPSA) is 61.9 Å². The summed E-state index contributed by atoms with van der Waals surface area (Å²) in [6, 6.07) is 0.256. The number of amides is 2. The predicted octanol–water partition coefficient (Wildman–Crippen LogP) is 0.675. The number of esters is 1. The number of nitrogens with one attached hydrogen (secondary N) is 1. The maximum absolute atomic E-state index is 11.9. The fraction of sp³-hybridized carbons (Fsp3) is 0.846. The van der Waals surface area contributed by atoms with Gasteiger partial charge < -0.3 is 15.0 Å².